The minimum atomic E-state index is -3.22. The number of nitrogens with one attached hydrogen (secondary N) is 1. The van der Waals surface area contributed by atoms with Crippen molar-refractivity contribution in [3.05, 3.63) is 29.3 Å². The largest absolute Gasteiger partial charge is 0.326 e. The van der Waals surface area contributed by atoms with Gasteiger partial charge in [0.25, 0.3) is 0 Å². The summed E-state index contributed by atoms with van der Waals surface area (Å²) in [5.74, 6) is -0.387. The molecule has 1 aromatic carbocycles. The van der Waals surface area contributed by atoms with Gasteiger partial charge < -0.3 is 5.32 Å². The Hall–Kier alpha value is -1.40. The molecule has 1 aromatic rings. The van der Waals surface area contributed by atoms with Gasteiger partial charge in [0, 0.05) is 18.8 Å². The van der Waals surface area contributed by atoms with E-state index in [1.165, 1.54) is 16.1 Å². The Bertz CT molecular complexity index is 640. The summed E-state index contributed by atoms with van der Waals surface area (Å²) in [4.78, 5) is 12.3. The number of anilines is 1. The zero-order valence-corrected chi connectivity index (χ0v) is 13.5. The van der Waals surface area contributed by atoms with Gasteiger partial charge in [-0.15, -0.1) is 0 Å². The number of sulfonamides is 1. The molecule has 1 heterocycles. The van der Waals surface area contributed by atoms with Crippen LogP contribution < -0.4 is 5.32 Å². The van der Waals surface area contributed by atoms with Crippen molar-refractivity contribution in [2.75, 3.05) is 24.7 Å². The second-order valence-corrected chi connectivity index (χ2v) is 7.73. The van der Waals surface area contributed by atoms with Crippen LogP contribution in [0.25, 0.3) is 0 Å². The van der Waals surface area contributed by atoms with Gasteiger partial charge in [0.2, 0.25) is 15.9 Å². The first-order chi connectivity index (χ1) is 9.77. The third kappa shape index (κ3) is 4.04. The van der Waals surface area contributed by atoms with E-state index in [2.05, 4.69) is 5.32 Å². The first kappa shape index (κ1) is 16.0. The van der Waals surface area contributed by atoms with E-state index in [1.807, 2.05) is 32.0 Å². The second kappa shape index (κ2) is 6.15. The predicted molar refractivity (Wildman–Crippen MR) is 83.7 cm³/mol. The standard InChI is InChI=1S/C15H22N2O3S/c1-11-6-7-14(9-12(11)2)16-15(18)13-5-4-8-17(10-13)21(3,19)20/h6-7,9,13H,4-5,8,10H2,1-3H3,(H,16,18)/t13-/m1/s1. The first-order valence-electron chi connectivity index (χ1n) is 7.10. The highest BCUT2D eigenvalue weighted by Gasteiger charge is 2.30. The normalized spacial score (nSPS) is 20.2. The summed E-state index contributed by atoms with van der Waals surface area (Å²) < 4.78 is 24.6. The maximum atomic E-state index is 12.3. The number of rotatable bonds is 3. The van der Waals surface area contributed by atoms with Gasteiger partial charge >= 0.3 is 0 Å². The molecule has 1 fully saturated rings. The monoisotopic (exact) mass is 310 g/mol. The third-order valence-electron chi connectivity index (χ3n) is 4.00. The summed E-state index contributed by atoms with van der Waals surface area (Å²) in [6, 6.07) is 5.77. The van der Waals surface area contributed by atoms with Crippen molar-refractivity contribution in [1.29, 1.82) is 0 Å². The van der Waals surface area contributed by atoms with E-state index in [1.54, 1.807) is 0 Å². The molecule has 116 valence electrons. The lowest BCUT2D eigenvalue weighted by molar-refractivity contribution is -0.120. The highest BCUT2D eigenvalue weighted by Crippen LogP contribution is 2.21. The molecule has 1 saturated heterocycles. The SMILES string of the molecule is Cc1ccc(NC(=O)[C@@H]2CCCN(S(C)(=O)=O)C2)cc1C. The fourth-order valence-corrected chi connectivity index (χ4v) is 3.43. The molecule has 0 bridgehead atoms. The Morgan fingerprint density at radius 3 is 2.62 bits per heavy atom. The average molecular weight is 310 g/mol. The molecule has 2 rings (SSSR count). The van der Waals surface area contributed by atoms with Crippen LogP contribution in [-0.4, -0.2) is 38.0 Å². The molecular weight excluding hydrogens is 288 g/mol. The maximum absolute atomic E-state index is 12.3. The van der Waals surface area contributed by atoms with Gasteiger partial charge in [-0.2, -0.15) is 0 Å². The molecular formula is C15H22N2O3S. The van der Waals surface area contributed by atoms with Gasteiger partial charge in [-0.25, -0.2) is 12.7 Å². The van der Waals surface area contributed by atoms with Gasteiger partial charge in [0.05, 0.1) is 12.2 Å². The molecule has 1 aliphatic rings. The molecule has 1 aliphatic heterocycles. The van der Waals surface area contributed by atoms with Gasteiger partial charge in [-0.05, 0) is 49.9 Å². The number of amides is 1. The number of carbonyl (C=O) groups excluding carboxylic acids is 1. The number of hydrogen-bond acceptors (Lipinski definition) is 3. The van der Waals surface area contributed by atoms with E-state index in [0.717, 1.165) is 24.1 Å². The lowest BCUT2D eigenvalue weighted by atomic mass is 9.98. The summed E-state index contributed by atoms with van der Waals surface area (Å²) in [5.41, 5.74) is 3.06. The van der Waals surface area contributed by atoms with Crippen LogP contribution in [0.4, 0.5) is 5.69 Å². The van der Waals surface area contributed by atoms with Crippen molar-refractivity contribution in [2.24, 2.45) is 5.92 Å². The molecule has 0 unspecified atom stereocenters. The van der Waals surface area contributed by atoms with E-state index in [4.69, 9.17) is 0 Å². The van der Waals surface area contributed by atoms with Crippen molar-refractivity contribution in [3.8, 4) is 0 Å². The molecule has 1 atom stereocenters. The van der Waals surface area contributed by atoms with Gasteiger partial charge in [-0.3, -0.25) is 4.79 Å². The van der Waals surface area contributed by atoms with Gasteiger partial charge in [0.15, 0.2) is 0 Å². The van der Waals surface area contributed by atoms with Crippen molar-refractivity contribution in [2.45, 2.75) is 26.7 Å². The Labute approximate surface area is 126 Å². The molecule has 0 aromatic heterocycles. The van der Waals surface area contributed by atoms with Crippen LogP contribution in [0.2, 0.25) is 0 Å². The van der Waals surface area contributed by atoms with Crippen molar-refractivity contribution >= 4 is 21.6 Å². The Morgan fingerprint density at radius 2 is 2.00 bits per heavy atom. The quantitative estimate of drug-likeness (QED) is 0.927. The van der Waals surface area contributed by atoms with E-state index in [0.29, 0.717) is 6.54 Å². The van der Waals surface area contributed by atoms with E-state index >= 15 is 0 Å². The Morgan fingerprint density at radius 1 is 1.29 bits per heavy atom. The van der Waals surface area contributed by atoms with Crippen molar-refractivity contribution in [3.63, 3.8) is 0 Å². The molecule has 5 nitrogen and oxygen atoms in total. The summed E-state index contributed by atoms with van der Waals surface area (Å²) in [6.07, 6.45) is 2.64. The number of carbonyl (C=O) groups is 1. The third-order valence-corrected chi connectivity index (χ3v) is 5.27. The fraction of sp³-hybridized carbons (Fsp3) is 0.533. The van der Waals surface area contributed by atoms with E-state index < -0.39 is 10.0 Å². The first-order valence-corrected chi connectivity index (χ1v) is 8.95. The number of nitrogens with zero attached hydrogens (tertiary/aromatic N) is 1. The van der Waals surface area contributed by atoms with Crippen LogP contribution in [-0.2, 0) is 14.8 Å². The number of hydrogen-bond donors (Lipinski definition) is 1. The molecule has 1 N–H and O–H groups in total. The summed E-state index contributed by atoms with van der Waals surface area (Å²) >= 11 is 0. The number of benzene rings is 1. The van der Waals surface area contributed by atoms with Crippen LogP contribution >= 0.6 is 0 Å². The van der Waals surface area contributed by atoms with E-state index in [9.17, 15) is 13.2 Å². The molecule has 0 radical (unpaired) electrons. The van der Waals surface area contributed by atoms with Crippen molar-refractivity contribution < 1.29 is 13.2 Å². The van der Waals surface area contributed by atoms with Crippen molar-refractivity contribution in [1.82, 2.24) is 4.31 Å². The fourth-order valence-electron chi connectivity index (χ4n) is 2.52. The molecule has 6 heteroatoms. The zero-order valence-electron chi connectivity index (χ0n) is 12.7. The molecule has 21 heavy (non-hydrogen) atoms. The molecule has 0 saturated carbocycles. The number of aryl methyl sites for hydroxylation is 2. The molecule has 0 aliphatic carbocycles. The smallest absolute Gasteiger partial charge is 0.228 e. The minimum Gasteiger partial charge on any atom is -0.326 e. The summed E-state index contributed by atoms with van der Waals surface area (Å²) in [6.45, 7) is 4.80. The average Bonchev–Trinajstić information content (AvgIpc) is 2.42. The Balaban J connectivity index is 2.04. The highest BCUT2D eigenvalue weighted by molar-refractivity contribution is 7.88. The zero-order chi connectivity index (χ0) is 15.6. The van der Waals surface area contributed by atoms with Crippen LogP contribution in [0, 0.1) is 19.8 Å². The second-order valence-electron chi connectivity index (χ2n) is 5.75. The topological polar surface area (TPSA) is 66.5 Å². The molecule has 0 spiro atoms. The maximum Gasteiger partial charge on any atom is 0.228 e. The highest BCUT2D eigenvalue weighted by atomic mass is 32.2. The van der Waals surface area contributed by atoms with Crippen LogP contribution in [0.15, 0.2) is 18.2 Å². The summed E-state index contributed by atoms with van der Waals surface area (Å²) in [5, 5.41) is 2.89. The lowest BCUT2D eigenvalue weighted by Gasteiger charge is -2.30. The summed E-state index contributed by atoms with van der Waals surface area (Å²) in [7, 11) is -3.22. The van der Waals surface area contributed by atoms with Crippen LogP contribution in [0.3, 0.4) is 0 Å². The van der Waals surface area contributed by atoms with Gasteiger partial charge in [-0.1, -0.05) is 6.07 Å². The van der Waals surface area contributed by atoms with Gasteiger partial charge in [0.1, 0.15) is 0 Å². The van der Waals surface area contributed by atoms with Crippen LogP contribution in [0.1, 0.15) is 24.0 Å². The van der Waals surface area contributed by atoms with Crippen LogP contribution in [0.5, 0.6) is 0 Å². The molecule has 1 amide bonds. The minimum absolute atomic E-state index is 0.105. The Kier molecular flexibility index (Phi) is 4.68. The van der Waals surface area contributed by atoms with E-state index in [-0.39, 0.29) is 18.4 Å². The predicted octanol–water partition coefficient (Wildman–Crippen LogP) is 1.91. The lowest BCUT2D eigenvalue weighted by Crippen LogP contribution is -2.43. The number of piperidine rings is 1.